The van der Waals surface area contributed by atoms with Gasteiger partial charge in [-0.3, -0.25) is 4.79 Å². The minimum Gasteiger partial charge on any atom is -0.396 e. The summed E-state index contributed by atoms with van der Waals surface area (Å²) < 4.78 is 0. The number of nitriles is 1. The summed E-state index contributed by atoms with van der Waals surface area (Å²) in [7, 11) is 0. The molecule has 0 unspecified atom stereocenters. The first-order valence-electron chi connectivity index (χ1n) is 5.64. The predicted octanol–water partition coefficient (Wildman–Crippen LogP) is 3.01. The Bertz CT molecular complexity index is 455. The SMILES string of the molecule is CCC(CC)Nc1sc(C(C)=O)c(N)c1C#N. The molecule has 0 bridgehead atoms. The Hall–Kier alpha value is -1.54. The standard InChI is InChI=1S/C12H17N3OS/c1-4-8(5-2)15-12-9(6-13)10(14)11(17-12)7(3)16/h8,15H,4-5,14H2,1-3H3. The van der Waals surface area contributed by atoms with Crippen molar-refractivity contribution in [2.24, 2.45) is 0 Å². The highest BCUT2D eigenvalue weighted by Crippen LogP contribution is 2.36. The second-order valence-electron chi connectivity index (χ2n) is 3.87. The Kier molecular flexibility index (Phi) is 4.53. The van der Waals surface area contributed by atoms with Gasteiger partial charge < -0.3 is 11.1 Å². The first-order chi connectivity index (χ1) is 8.04. The minimum absolute atomic E-state index is 0.0957. The molecule has 0 saturated carbocycles. The van der Waals surface area contributed by atoms with E-state index in [9.17, 15) is 4.79 Å². The summed E-state index contributed by atoms with van der Waals surface area (Å²) in [6.07, 6.45) is 1.93. The van der Waals surface area contributed by atoms with E-state index >= 15 is 0 Å². The van der Waals surface area contributed by atoms with Gasteiger partial charge >= 0.3 is 0 Å². The molecule has 0 aliphatic rings. The number of nitrogens with two attached hydrogens (primary N) is 1. The van der Waals surface area contributed by atoms with E-state index in [1.54, 1.807) is 0 Å². The molecule has 0 fully saturated rings. The van der Waals surface area contributed by atoms with Crippen LogP contribution >= 0.6 is 11.3 Å². The van der Waals surface area contributed by atoms with Crippen molar-refractivity contribution in [3.63, 3.8) is 0 Å². The molecule has 3 N–H and O–H groups in total. The lowest BCUT2D eigenvalue weighted by Gasteiger charge is -2.14. The van der Waals surface area contributed by atoms with Crippen molar-refractivity contribution in [1.82, 2.24) is 0 Å². The van der Waals surface area contributed by atoms with E-state index in [4.69, 9.17) is 11.0 Å². The predicted molar refractivity (Wildman–Crippen MR) is 71.4 cm³/mol. The highest BCUT2D eigenvalue weighted by molar-refractivity contribution is 7.19. The van der Waals surface area contributed by atoms with E-state index in [2.05, 4.69) is 25.2 Å². The van der Waals surface area contributed by atoms with Crippen molar-refractivity contribution in [3.05, 3.63) is 10.4 Å². The van der Waals surface area contributed by atoms with Gasteiger partial charge in [-0.25, -0.2) is 0 Å². The second-order valence-corrected chi connectivity index (χ2v) is 4.90. The number of thiophene rings is 1. The van der Waals surface area contributed by atoms with Crippen LogP contribution in [-0.4, -0.2) is 11.8 Å². The molecule has 1 heterocycles. The molecule has 92 valence electrons. The van der Waals surface area contributed by atoms with E-state index in [0.717, 1.165) is 12.8 Å². The fourth-order valence-corrected chi connectivity index (χ4v) is 2.64. The van der Waals surface area contributed by atoms with Crippen LogP contribution in [0.5, 0.6) is 0 Å². The number of ketones is 1. The second kappa shape index (κ2) is 5.69. The molecular weight excluding hydrogens is 234 g/mol. The average molecular weight is 251 g/mol. The van der Waals surface area contributed by atoms with Crippen LogP contribution in [0, 0.1) is 11.3 Å². The highest BCUT2D eigenvalue weighted by Gasteiger charge is 2.19. The molecule has 0 aromatic carbocycles. The molecule has 0 saturated heterocycles. The topological polar surface area (TPSA) is 78.9 Å². The van der Waals surface area contributed by atoms with Gasteiger partial charge in [0.1, 0.15) is 16.6 Å². The Morgan fingerprint density at radius 3 is 2.53 bits per heavy atom. The molecule has 1 aromatic rings. The first-order valence-corrected chi connectivity index (χ1v) is 6.46. The minimum atomic E-state index is -0.0957. The highest BCUT2D eigenvalue weighted by atomic mass is 32.1. The van der Waals surface area contributed by atoms with Crippen LogP contribution in [0.2, 0.25) is 0 Å². The number of nitrogen functional groups attached to an aromatic ring is 1. The van der Waals surface area contributed by atoms with Crippen LogP contribution in [0.1, 0.15) is 48.8 Å². The smallest absolute Gasteiger partial charge is 0.171 e. The molecular formula is C12H17N3OS. The first kappa shape index (κ1) is 13.5. The number of carbonyl (C=O) groups excluding carboxylic acids is 1. The molecule has 0 amide bonds. The summed E-state index contributed by atoms with van der Waals surface area (Å²) in [5.74, 6) is -0.0957. The van der Waals surface area contributed by atoms with Crippen LogP contribution < -0.4 is 11.1 Å². The third kappa shape index (κ3) is 2.77. The monoisotopic (exact) mass is 251 g/mol. The number of hydrogen-bond acceptors (Lipinski definition) is 5. The van der Waals surface area contributed by atoms with Crippen LogP contribution in [0.3, 0.4) is 0 Å². The largest absolute Gasteiger partial charge is 0.396 e. The van der Waals surface area contributed by atoms with E-state index in [1.807, 2.05) is 0 Å². The molecule has 1 aromatic heterocycles. The summed E-state index contributed by atoms with van der Waals surface area (Å²) in [6.45, 7) is 5.62. The molecule has 0 atom stereocenters. The number of carbonyl (C=O) groups is 1. The maximum absolute atomic E-state index is 11.4. The van der Waals surface area contributed by atoms with Gasteiger partial charge in [0, 0.05) is 13.0 Å². The third-order valence-corrected chi connectivity index (χ3v) is 3.94. The molecule has 0 aliphatic carbocycles. The lowest BCUT2D eigenvalue weighted by Crippen LogP contribution is -2.16. The molecule has 0 radical (unpaired) electrons. The summed E-state index contributed by atoms with van der Waals surface area (Å²) in [5, 5.41) is 13.1. The van der Waals surface area contributed by atoms with Gasteiger partial charge in [0.25, 0.3) is 0 Å². The quantitative estimate of drug-likeness (QED) is 0.788. The maximum Gasteiger partial charge on any atom is 0.171 e. The molecule has 4 nitrogen and oxygen atoms in total. The zero-order chi connectivity index (χ0) is 13.0. The van der Waals surface area contributed by atoms with E-state index in [-0.39, 0.29) is 5.78 Å². The molecule has 5 heteroatoms. The Labute approximate surface area is 105 Å². The van der Waals surface area contributed by atoms with Gasteiger partial charge in [-0.2, -0.15) is 5.26 Å². The van der Waals surface area contributed by atoms with Crippen molar-refractivity contribution >= 4 is 27.8 Å². The molecule has 17 heavy (non-hydrogen) atoms. The van der Waals surface area contributed by atoms with Crippen LogP contribution in [0.25, 0.3) is 0 Å². The Morgan fingerprint density at radius 2 is 2.12 bits per heavy atom. The number of nitrogens with zero attached hydrogens (tertiary/aromatic N) is 1. The fourth-order valence-electron chi connectivity index (χ4n) is 1.60. The molecule has 0 aliphatic heterocycles. The third-order valence-electron chi connectivity index (χ3n) is 2.70. The van der Waals surface area contributed by atoms with Crippen LogP contribution in [-0.2, 0) is 0 Å². The summed E-state index contributed by atoms with van der Waals surface area (Å²) in [5.41, 5.74) is 6.50. The van der Waals surface area contributed by atoms with Gasteiger partial charge in [-0.15, -0.1) is 11.3 Å². The van der Waals surface area contributed by atoms with Gasteiger partial charge in [0.15, 0.2) is 5.78 Å². The van der Waals surface area contributed by atoms with Gasteiger partial charge in [0.2, 0.25) is 0 Å². The Morgan fingerprint density at radius 1 is 1.53 bits per heavy atom. The van der Waals surface area contributed by atoms with Crippen molar-refractivity contribution in [1.29, 1.82) is 5.26 Å². The van der Waals surface area contributed by atoms with Crippen molar-refractivity contribution in [2.45, 2.75) is 39.7 Å². The summed E-state index contributed by atoms with van der Waals surface area (Å²) in [6, 6.07) is 2.37. The van der Waals surface area contributed by atoms with Crippen molar-refractivity contribution < 1.29 is 4.79 Å². The number of anilines is 2. The zero-order valence-electron chi connectivity index (χ0n) is 10.3. The van der Waals surface area contributed by atoms with E-state index in [1.165, 1.54) is 18.3 Å². The molecule has 1 rings (SSSR count). The normalized spacial score (nSPS) is 10.3. The maximum atomic E-state index is 11.4. The van der Waals surface area contributed by atoms with Crippen molar-refractivity contribution in [3.8, 4) is 6.07 Å². The zero-order valence-corrected chi connectivity index (χ0v) is 11.1. The summed E-state index contributed by atoms with van der Waals surface area (Å²) >= 11 is 1.27. The number of rotatable bonds is 5. The number of hydrogen-bond donors (Lipinski definition) is 2. The number of nitrogens with one attached hydrogen (secondary N) is 1. The fraction of sp³-hybridized carbons (Fsp3) is 0.500. The summed E-state index contributed by atoms with van der Waals surface area (Å²) in [4.78, 5) is 11.8. The lowest BCUT2D eigenvalue weighted by atomic mass is 10.1. The average Bonchev–Trinajstić information content (AvgIpc) is 2.62. The lowest BCUT2D eigenvalue weighted by molar-refractivity contribution is 0.102. The van der Waals surface area contributed by atoms with Crippen molar-refractivity contribution in [2.75, 3.05) is 11.1 Å². The Balaban J connectivity index is 3.12. The number of Topliss-reactive ketones (excluding diaryl/α,β-unsaturated/α-hetero) is 1. The van der Waals surface area contributed by atoms with Crippen LogP contribution in [0.15, 0.2) is 0 Å². The van der Waals surface area contributed by atoms with Crippen LogP contribution in [0.4, 0.5) is 10.7 Å². The van der Waals surface area contributed by atoms with E-state index < -0.39 is 0 Å². The van der Waals surface area contributed by atoms with Gasteiger partial charge in [-0.05, 0) is 12.8 Å². The van der Waals surface area contributed by atoms with Gasteiger partial charge in [-0.1, -0.05) is 13.8 Å². The van der Waals surface area contributed by atoms with E-state index in [0.29, 0.717) is 27.2 Å². The van der Waals surface area contributed by atoms with Gasteiger partial charge in [0.05, 0.1) is 10.6 Å². The molecule has 0 spiro atoms.